The number of rotatable bonds is 5. The van der Waals surface area contributed by atoms with E-state index in [-0.39, 0.29) is 10.9 Å². The molecule has 3 N–H and O–H groups in total. The number of nitrogens with zero attached hydrogens (tertiary/aromatic N) is 2. The zero-order valence-electron chi connectivity index (χ0n) is 10.5. The van der Waals surface area contributed by atoms with Gasteiger partial charge in [-0.25, -0.2) is 18.4 Å². The summed E-state index contributed by atoms with van der Waals surface area (Å²) in [5.74, 6) is 0.0437. The van der Waals surface area contributed by atoms with Crippen molar-refractivity contribution < 1.29 is 8.42 Å². The molecule has 0 aliphatic rings. The number of nitrogens with two attached hydrogens (primary N) is 1. The molecule has 8 heteroatoms. The average molecular weight is 288 g/mol. The lowest BCUT2D eigenvalue weighted by atomic mass is 10.3. The van der Waals surface area contributed by atoms with Gasteiger partial charge in [0.15, 0.2) is 0 Å². The van der Waals surface area contributed by atoms with Crippen LogP contribution in [0.4, 0.5) is 5.95 Å². The first-order valence-corrected chi connectivity index (χ1v) is 7.35. The fourth-order valence-electron chi connectivity index (χ4n) is 1.54. The van der Waals surface area contributed by atoms with Crippen molar-refractivity contribution >= 4 is 33.2 Å². The van der Waals surface area contributed by atoms with Crippen molar-refractivity contribution in [2.24, 2.45) is 5.73 Å². The zero-order chi connectivity index (χ0) is 13.9. The number of hydrogen-bond acceptors (Lipinski definition) is 5. The number of thiocarbonyl (C=S) groups is 1. The lowest BCUT2D eigenvalue weighted by Crippen LogP contribution is -2.38. The smallest absolute Gasteiger partial charge is 0.244 e. The minimum absolute atomic E-state index is 0.0437. The van der Waals surface area contributed by atoms with E-state index >= 15 is 0 Å². The molecule has 0 spiro atoms. The van der Waals surface area contributed by atoms with Crippen LogP contribution in [0.5, 0.6) is 0 Å². The van der Waals surface area contributed by atoms with Gasteiger partial charge in [0.05, 0.1) is 4.99 Å². The molecule has 0 bridgehead atoms. The van der Waals surface area contributed by atoms with Crippen LogP contribution in [-0.2, 0) is 10.0 Å². The third-order valence-electron chi connectivity index (χ3n) is 2.28. The van der Waals surface area contributed by atoms with Gasteiger partial charge in [-0.2, -0.15) is 0 Å². The van der Waals surface area contributed by atoms with Gasteiger partial charge in [0.2, 0.25) is 16.0 Å². The molecule has 0 radical (unpaired) electrons. The van der Waals surface area contributed by atoms with E-state index in [2.05, 4.69) is 14.7 Å². The average Bonchev–Trinajstić information content (AvgIpc) is 2.13. The molecule has 100 valence electrons. The first-order chi connectivity index (χ1) is 8.26. The first-order valence-electron chi connectivity index (χ1n) is 5.39. The van der Waals surface area contributed by atoms with Crippen LogP contribution in [-0.4, -0.2) is 28.6 Å². The van der Waals surface area contributed by atoms with E-state index in [4.69, 9.17) is 18.0 Å². The number of aryl methyl sites for hydroxylation is 2. The van der Waals surface area contributed by atoms with Gasteiger partial charge in [0, 0.05) is 11.4 Å². The van der Waals surface area contributed by atoms with E-state index in [9.17, 15) is 8.42 Å². The van der Waals surface area contributed by atoms with Gasteiger partial charge in [0.1, 0.15) is 5.25 Å². The van der Waals surface area contributed by atoms with Crippen LogP contribution in [0.15, 0.2) is 6.07 Å². The number of sulfonamides is 1. The van der Waals surface area contributed by atoms with Gasteiger partial charge in [-0.1, -0.05) is 19.1 Å². The maximum atomic E-state index is 12.0. The Labute approximate surface area is 112 Å². The SMILES string of the molecule is CCC(C(N)=S)S(=O)(=O)Nc1nc(C)cc(C)n1. The molecule has 0 aliphatic heterocycles. The molecule has 0 saturated heterocycles. The maximum Gasteiger partial charge on any atom is 0.244 e. The summed E-state index contributed by atoms with van der Waals surface area (Å²) in [6, 6.07) is 1.75. The molecular formula is C10H16N4O2S2. The summed E-state index contributed by atoms with van der Waals surface area (Å²) < 4.78 is 26.4. The largest absolute Gasteiger partial charge is 0.392 e. The van der Waals surface area contributed by atoms with E-state index in [0.29, 0.717) is 17.8 Å². The molecule has 1 atom stereocenters. The van der Waals surface area contributed by atoms with Crippen LogP contribution >= 0.6 is 12.2 Å². The third-order valence-corrected chi connectivity index (χ3v) is 4.52. The normalized spacial score (nSPS) is 13.1. The van der Waals surface area contributed by atoms with Gasteiger partial charge in [-0.05, 0) is 26.3 Å². The number of hydrogen-bond donors (Lipinski definition) is 2. The summed E-state index contributed by atoms with van der Waals surface area (Å²) in [5.41, 5.74) is 6.79. The fourth-order valence-corrected chi connectivity index (χ4v) is 3.32. The van der Waals surface area contributed by atoms with Gasteiger partial charge in [0.25, 0.3) is 0 Å². The summed E-state index contributed by atoms with van der Waals surface area (Å²) in [6.07, 6.45) is 0.301. The highest BCUT2D eigenvalue weighted by molar-refractivity contribution is 7.95. The minimum Gasteiger partial charge on any atom is -0.392 e. The quantitative estimate of drug-likeness (QED) is 0.781. The molecule has 1 rings (SSSR count). The van der Waals surface area contributed by atoms with Crippen LogP contribution in [0.3, 0.4) is 0 Å². The molecule has 1 aromatic heterocycles. The molecule has 18 heavy (non-hydrogen) atoms. The fraction of sp³-hybridized carbons (Fsp3) is 0.500. The Morgan fingerprint density at radius 2 is 1.94 bits per heavy atom. The van der Waals surface area contributed by atoms with Gasteiger partial charge in [-0.15, -0.1) is 0 Å². The summed E-state index contributed by atoms with van der Waals surface area (Å²) >= 11 is 4.75. The Hall–Kier alpha value is -1.28. The van der Waals surface area contributed by atoms with Gasteiger partial charge in [-0.3, -0.25) is 4.72 Å². The van der Waals surface area contributed by atoms with Crippen molar-refractivity contribution in [3.8, 4) is 0 Å². The second kappa shape index (κ2) is 5.57. The third kappa shape index (κ3) is 3.61. The molecule has 1 unspecified atom stereocenters. The second-order valence-corrected chi connectivity index (χ2v) is 6.26. The Morgan fingerprint density at radius 3 is 2.33 bits per heavy atom. The molecule has 0 aromatic carbocycles. The molecule has 0 saturated carbocycles. The number of anilines is 1. The summed E-state index contributed by atoms with van der Waals surface area (Å²) in [4.78, 5) is 7.96. The number of nitrogens with one attached hydrogen (secondary N) is 1. The standard InChI is InChI=1S/C10H16N4O2S2/c1-4-8(9(11)17)18(15,16)14-10-12-6(2)5-7(3)13-10/h5,8H,4H2,1-3H3,(H2,11,17)(H,12,13,14). The maximum absolute atomic E-state index is 12.0. The van der Waals surface area contributed by atoms with E-state index in [1.54, 1.807) is 26.8 Å². The van der Waals surface area contributed by atoms with E-state index in [1.807, 2.05) is 0 Å². The van der Waals surface area contributed by atoms with E-state index < -0.39 is 15.3 Å². The minimum atomic E-state index is -3.70. The highest BCUT2D eigenvalue weighted by Crippen LogP contribution is 2.11. The summed E-state index contributed by atoms with van der Waals surface area (Å²) in [7, 11) is -3.70. The number of aromatic nitrogens is 2. The lowest BCUT2D eigenvalue weighted by molar-refractivity contribution is 0.594. The molecule has 0 amide bonds. The van der Waals surface area contributed by atoms with Gasteiger partial charge < -0.3 is 5.73 Å². The summed E-state index contributed by atoms with van der Waals surface area (Å²) in [6.45, 7) is 5.22. The van der Waals surface area contributed by atoms with Crippen molar-refractivity contribution in [3.05, 3.63) is 17.5 Å². The van der Waals surface area contributed by atoms with Crippen molar-refractivity contribution in [1.82, 2.24) is 9.97 Å². The van der Waals surface area contributed by atoms with E-state index in [0.717, 1.165) is 0 Å². The highest BCUT2D eigenvalue weighted by Gasteiger charge is 2.27. The van der Waals surface area contributed by atoms with Crippen molar-refractivity contribution in [2.75, 3.05) is 4.72 Å². The van der Waals surface area contributed by atoms with Crippen LogP contribution in [0.1, 0.15) is 24.7 Å². The summed E-state index contributed by atoms with van der Waals surface area (Å²) in [5, 5.41) is -0.920. The Balaban J connectivity index is 3.05. The predicted octanol–water partition coefficient (Wildman–Crippen LogP) is 0.900. The van der Waals surface area contributed by atoms with Crippen LogP contribution in [0, 0.1) is 13.8 Å². The van der Waals surface area contributed by atoms with Crippen LogP contribution in [0.25, 0.3) is 0 Å². The molecule has 1 heterocycles. The van der Waals surface area contributed by atoms with Crippen molar-refractivity contribution in [3.63, 3.8) is 0 Å². The molecule has 0 fully saturated rings. The molecular weight excluding hydrogens is 272 g/mol. The van der Waals surface area contributed by atoms with Crippen molar-refractivity contribution in [2.45, 2.75) is 32.4 Å². The van der Waals surface area contributed by atoms with Gasteiger partial charge >= 0.3 is 0 Å². The molecule has 0 aliphatic carbocycles. The van der Waals surface area contributed by atoms with Crippen LogP contribution < -0.4 is 10.5 Å². The topological polar surface area (TPSA) is 98.0 Å². The Bertz CT molecular complexity index is 537. The molecule has 1 aromatic rings. The second-order valence-electron chi connectivity index (χ2n) is 3.92. The predicted molar refractivity (Wildman–Crippen MR) is 74.9 cm³/mol. The first kappa shape index (κ1) is 14.8. The Kier molecular flexibility index (Phi) is 4.58. The lowest BCUT2D eigenvalue weighted by Gasteiger charge is -2.15. The highest BCUT2D eigenvalue weighted by atomic mass is 32.2. The van der Waals surface area contributed by atoms with Crippen molar-refractivity contribution in [1.29, 1.82) is 0 Å². The molecule has 6 nitrogen and oxygen atoms in total. The zero-order valence-corrected chi connectivity index (χ0v) is 12.1. The van der Waals surface area contributed by atoms with E-state index in [1.165, 1.54) is 0 Å². The van der Waals surface area contributed by atoms with Crippen LogP contribution in [0.2, 0.25) is 0 Å². The monoisotopic (exact) mass is 288 g/mol. The Morgan fingerprint density at radius 1 is 1.44 bits per heavy atom.